The number of nitrogens with zero attached hydrogens (tertiary/aromatic N) is 1. The molecular weight excluding hydrogens is 420 g/mol. The fraction of sp³-hybridized carbons (Fsp3) is 0.423. The monoisotopic (exact) mass is 450 g/mol. The Bertz CT molecular complexity index is 1030. The first kappa shape index (κ1) is 22.8. The van der Waals surface area contributed by atoms with E-state index in [9.17, 15) is 19.5 Å². The molecule has 174 valence electrons. The van der Waals surface area contributed by atoms with E-state index >= 15 is 0 Å². The summed E-state index contributed by atoms with van der Waals surface area (Å²) in [5.74, 6) is -1.23. The Balaban J connectivity index is 1.39. The van der Waals surface area contributed by atoms with Crippen molar-refractivity contribution in [1.29, 1.82) is 0 Å². The van der Waals surface area contributed by atoms with E-state index in [-0.39, 0.29) is 36.8 Å². The minimum Gasteiger partial charge on any atom is -0.480 e. The molecule has 0 radical (unpaired) electrons. The normalized spacial score (nSPS) is 15.8. The van der Waals surface area contributed by atoms with Gasteiger partial charge in [0, 0.05) is 25.4 Å². The van der Waals surface area contributed by atoms with Gasteiger partial charge in [0.1, 0.15) is 12.1 Å². The number of aliphatic carboxylic acids is 1. The molecule has 2 amide bonds. The van der Waals surface area contributed by atoms with Crippen LogP contribution >= 0.6 is 0 Å². The molecule has 2 N–H and O–H groups in total. The predicted octanol–water partition coefficient (Wildman–Crippen LogP) is 4.02. The zero-order valence-corrected chi connectivity index (χ0v) is 19.2. The van der Waals surface area contributed by atoms with Crippen LogP contribution in [-0.4, -0.2) is 53.2 Å². The molecule has 33 heavy (non-hydrogen) atoms. The third-order valence-electron chi connectivity index (χ3n) is 6.97. The molecule has 2 aromatic rings. The summed E-state index contributed by atoms with van der Waals surface area (Å²) in [6, 6.07) is 15.9. The number of fused-ring (bicyclic) bond motifs is 3. The van der Waals surface area contributed by atoms with E-state index in [2.05, 4.69) is 29.6 Å². The van der Waals surface area contributed by atoms with Gasteiger partial charge in [-0.1, -0.05) is 48.5 Å². The molecule has 1 unspecified atom stereocenters. The fourth-order valence-corrected chi connectivity index (χ4v) is 4.41. The minimum atomic E-state index is -1.32. The molecule has 7 heteroatoms. The van der Waals surface area contributed by atoms with Crippen LogP contribution in [0.25, 0.3) is 11.1 Å². The Labute approximate surface area is 193 Å². The van der Waals surface area contributed by atoms with Gasteiger partial charge in [-0.05, 0) is 54.9 Å². The smallest absolute Gasteiger partial charge is 0.407 e. The van der Waals surface area contributed by atoms with Crippen molar-refractivity contribution in [3.05, 3.63) is 59.7 Å². The second-order valence-corrected chi connectivity index (χ2v) is 9.43. The van der Waals surface area contributed by atoms with E-state index < -0.39 is 17.6 Å². The van der Waals surface area contributed by atoms with E-state index in [1.807, 2.05) is 24.3 Å². The van der Waals surface area contributed by atoms with E-state index in [1.165, 1.54) is 25.8 Å². The van der Waals surface area contributed by atoms with Crippen molar-refractivity contribution >= 4 is 18.0 Å². The molecule has 2 aromatic carbocycles. The van der Waals surface area contributed by atoms with Gasteiger partial charge < -0.3 is 20.1 Å². The fourth-order valence-electron chi connectivity index (χ4n) is 4.41. The van der Waals surface area contributed by atoms with E-state index in [1.54, 1.807) is 0 Å². The number of benzene rings is 2. The van der Waals surface area contributed by atoms with Gasteiger partial charge in [-0.15, -0.1) is 0 Å². The average molecular weight is 451 g/mol. The third kappa shape index (κ3) is 4.58. The lowest BCUT2D eigenvalue weighted by Crippen LogP contribution is -2.52. The van der Waals surface area contributed by atoms with Gasteiger partial charge in [0.05, 0.1) is 0 Å². The van der Waals surface area contributed by atoms with Crippen molar-refractivity contribution < 1.29 is 24.2 Å². The molecule has 0 aliphatic heterocycles. The quantitative estimate of drug-likeness (QED) is 0.633. The zero-order chi connectivity index (χ0) is 23.8. The van der Waals surface area contributed by atoms with Crippen molar-refractivity contribution in [3.63, 3.8) is 0 Å². The summed E-state index contributed by atoms with van der Waals surface area (Å²) in [7, 11) is 1.48. The van der Waals surface area contributed by atoms with Gasteiger partial charge in [-0.3, -0.25) is 4.79 Å². The van der Waals surface area contributed by atoms with Gasteiger partial charge in [0.2, 0.25) is 5.91 Å². The molecule has 0 aromatic heterocycles. The summed E-state index contributed by atoms with van der Waals surface area (Å²) < 4.78 is 5.63. The Morgan fingerprint density at radius 3 is 2.12 bits per heavy atom. The second-order valence-electron chi connectivity index (χ2n) is 9.43. The molecule has 2 aliphatic rings. The van der Waals surface area contributed by atoms with Gasteiger partial charge in [-0.2, -0.15) is 0 Å². The van der Waals surface area contributed by atoms with Crippen molar-refractivity contribution in [3.8, 4) is 11.1 Å². The van der Waals surface area contributed by atoms with Crippen molar-refractivity contribution in [2.75, 3.05) is 13.7 Å². The largest absolute Gasteiger partial charge is 0.480 e. The molecule has 1 atom stereocenters. The number of carboxylic acids is 1. The molecule has 0 bridgehead atoms. The highest BCUT2D eigenvalue weighted by Crippen LogP contribution is 2.44. The molecule has 1 fully saturated rings. The number of hydrogen-bond acceptors (Lipinski definition) is 4. The number of amides is 2. The standard InChI is InChI=1S/C26H30N2O5/c1-26(2,24(30)31)28(3)23(29)14-22(16-12-13-16)27-25(32)33-15-21-19-10-6-4-8-17(19)18-9-5-7-11-20(18)21/h4-11,16,21-22H,12-15H2,1-3H3,(H,27,32)(H,30,31). The lowest BCUT2D eigenvalue weighted by molar-refractivity contribution is -0.155. The first-order valence-corrected chi connectivity index (χ1v) is 11.3. The zero-order valence-electron chi connectivity index (χ0n) is 19.2. The van der Waals surface area contributed by atoms with Crippen LogP contribution in [0.4, 0.5) is 4.79 Å². The summed E-state index contributed by atoms with van der Waals surface area (Å²) in [4.78, 5) is 38.1. The highest BCUT2D eigenvalue weighted by molar-refractivity contribution is 5.86. The maximum absolute atomic E-state index is 12.7. The van der Waals surface area contributed by atoms with Crippen LogP contribution in [0.1, 0.15) is 50.2 Å². The highest BCUT2D eigenvalue weighted by Gasteiger charge is 2.39. The maximum atomic E-state index is 12.7. The molecule has 0 heterocycles. The molecule has 0 spiro atoms. The summed E-state index contributed by atoms with van der Waals surface area (Å²) >= 11 is 0. The number of alkyl carbamates (subject to hydrolysis) is 1. The van der Waals surface area contributed by atoms with Crippen LogP contribution in [0.15, 0.2) is 48.5 Å². The lowest BCUT2D eigenvalue weighted by Gasteiger charge is -2.32. The summed E-state index contributed by atoms with van der Waals surface area (Å²) in [5, 5.41) is 12.3. The summed E-state index contributed by atoms with van der Waals surface area (Å²) in [6.45, 7) is 3.17. The van der Waals surface area contributed by atoms with Crippen molar-refractivity contribution in [2.45, 2.75) is 50.6 Å². The Morgan fingerprint density at radius 2 is 1.61 bits per heavy atom. The van der Waals surface area contributed by atoms with Gasteiger partial charge >= 0.3 is 12.1 Å². The van der Waals surface area contributed by atoms with Gasteiger partial charge in [-0.25, -0.2) is 9.59 Å². The number of carboxylic acid groups (broad SMARTS) is 1. The Kier molecular flexibility index (Phi) is 6.15. The number of hydrogen-bond donors (Lipinski definition) is 2. The predicted molar refractivity (Wildman–Crippen MR) is 124 cm³/mol. The number of ether oxygens (including phenoxy) is 1. The van der Waals surface area contributed by atoms with E-state index in [0.717, 1.165) is 35.1 Å². The van der Waals surface area contributed by atoms with Crippen LogP contribution in [-0.2, 0) is 14.3 Å². The first-order valence-electron chi connectivity index (χ1n) is 11.3. The maximum Gasteiger partial charge on any atom is 0.407 e. The number of nitrogens with one attached hydrogen (secondary N) is 1. The number of rotatable bonds is 8. The first-order chi connectivity index (χ1) is 15.7. The number of carbonyl (C=O) groups is 3. The molecule has 1 saturated carbocycles. The third-order valence-corrected chi connectivity index (χ3v) is 6.97. The van der Waals surface area contributed by atoms with E-state index in [4.69, 9.17) is 4.74 Å². The Hall–Kier alpha value is -3.35. The molecular formula is C26H30N2O5. The molecule has 2 aliphatic carbocycles. The van der Waals surface area contributed by atoms with E-state index in [0.29, 0.717) is 0 Å². The number of carbonyl (C=O) groups excluding carboxylic acids is 2. The van der Waals surface area contributed by atoms with Crippen LogP contribution in [0.2, 0.25) is 0 Å². The van der Waals surface area contributed by atoms with Gasteiger partial charge in [0.25, 0.3) is 0 Å². The SMILES string of the molecule is CN(C(=O)CC(NC(=O)OCC1c2ccccc2-c2ccccc21)C1CC1)C(C)(C)C(=O)O. The van der Waals surface area contributed by atoms with Crippen molar-refractivity contribution in [1.82, 2.24) is 10.2 Å². The minimum absolute atomic E-state index is 0.0355. The van der Waals surface area contributed by atoms with Gasteiger partial charge in [0.15, 0.2) is 0 Å². The summed E-state index contributed by atoms with van der Waals surface area (Å²) in [5.41, 5.74) is 3.27. The van der Waals surface area contributed by atoms with Crippen LogP contribution in [0.3, 0.4) is 0 Å². The molecule has 0 saturated heterocycles. The highest BCUT2D eigenvalue weighted by atomic mass is 16.5. The van der Waals surface area contributed by atoms with Crippen LogP contribution in [0.5, 0.6) is 0 Å². The molecule has 7 nitrogen and oxygen atoms in total. The lowest BCUT2D eigenvalue weighted by atomic mass is 9.98. The average Bonchev–Trinajstić information content (AvgIpc) is 3.59. The Morgan fingerprint density at radius 1 is 1.06 bits per heavy atom. The topological polar surface area (TPSA) is 95.9 Å². The number of likely N-dealkylation sites (N-methyl/N-ethyl adjacent to an activating group) is 1. The van der Waals surface area contributed by atoms with Crippen LogP contribution in [0, 0.1) is 5.92 Å². The van der Waals surface area contributed by atoms with Crippen molar-refractivity contribution in [2.24, 2.45) is 5.92 Å². The molecule has 4 rings (SSSR count). The summed E-state index contributed by atoms with van der Waals surface area (Å²) in [6.07, 6.45) is 1.34. The van der Waals surface area contributed by atoms with Crippen LogP contribution < -0.4 is 5.32 Å². The second kappa shape index (κ2) is 8.89.